The molecule has 4 aliphatic carbocycles. The van der Waals surface area contributed by atoms with Crippen molar-refractivity contribution in [3.05, 3.63) is 103 Å². The van der Waals surface area contributed by atoms with Crippen LogP contribution in [0.15, 0.2) is 36.4 Å². The molecule has 4 aromatic carbocycles. The van der Waals surface area contributed by atoms with Crippen LogP contribution >= 0.6 is 0 Å². The molecule has 4 heterocycles. The van der Waals surface area contributed by atoms with Crippen LogP contribution in [0.5, 0.6) is 34.5 Å². The highest BCUT2D eigenvalue weighted by Crippen LogP contribution is 2.55. The molecule has 3 unspecified atom stereocenters. The molecule has 8 N–H and O–H groups in total. The first-order valence-electron chi connectivity index (χ1n) is 26.5. The number of aliphatic hydroxyl groups is 4. The van der Waals surface area contributed by atoms with E-state index in [-0.39, 0.29) is 89.0 Å². The number of nitrogens with zero attached hydrogens (tertiary/aromatic N) is 2. The highest BCUT2D eigenvalue weighted by atomic mass is 16.7. The molecule has 428 valence electrons. The van der Waals surface area contributed by atoms with Crippen molar-refractivity contribution in [3.63, 3.8) is 0 Å². The topological polar surface area (TPSA) is 345 Å². The summed E-state index contributed by atoms with van der Waals surface area (Å²) < 4.78 is 50.2. The summed E-state index contributed by atoms with van der Waals surface area (Å²) in [6.45, 7) is 1.56. The van der Waals surface area contributed by atoms with E-state index in [2.05, 4.69) is 0 Å². The van der Waals surface area contributed by atoms with Crippen molar-refractivity contribution in [2.75, 3.05) is 47.6 Å². The second kappa shape index (κ2) is 20.0. The Kier molecular flexibility index (Phi) is 13.5. The normalized spacial score (nSPS) is 32.7. The molecule has 0 spiro atoms. The summed E-state index contributed by atoms with van der Waals surface area (Å²) in [5.74, 6) is -8.20. The number of aliphatic hydroxyl groups excluding tert-OH is 2. The zero-order valence-corrected chi connectivity index (χ0v) is 44.2. The number of phenolic OH excluding ortho intramolecular Hbond substituents is 4. The first-order valence-corrected chi connectivity index (χ1v) is 26.5. The van der Waals surface area contributed by atoms with Gasteiger partial charge in [-0.1, -0.05) is 24.3 Å². The second-order valence-electron chi connectivity index (χ2n) is 22.0. The molecule has 4 saturated heterocycles. The largest absolute Gasteiger partial charge is 0.507 e. The lowest BCUT2D eigenvalue weighted by molar-refractivity contribution is -0.280. The van der Waals surface area contributed by atoms with Gasteiger partial charge in [-0.2, -0.15) is 0 Å². The Hall–Kier alpha value is -6.78. The number of carbonyl (C=O) groups excluding carboxylic acids is 6. The molecule has 4 aromatic rings. The van der Waals surface area contributed by atoms with E-state index in [0.717, 1.165) is 0 Å². The van der Waals surface area contributed by atoms with E-state index >= 15 is 0 Å². The van der Waals surface area contributed by atoms with E-state index in [4.69, 9.17) is 37.9 Å². The maximum Gasteiger partial charge on any atom is 0.202 e. The van der Waals surface area contributed by atoms with E-state index in [1.807, 2.05) is 9.80 Å². The Bertz CT molecular complexity index is 3180. The minimum atomic E-state index is -2.38. The van der Waals surface area contributed by atoms with Crippen LogP contribution in [0, 0.1) is 0 Å². The molecule has 12 rings (SSSR count). The predicted octanol–water partition coefficient (Wildman–Crippen LogP) is 1.65. The average Bonchev–Trinajstić information content (AvgIpc) is 2.42. The maximum atomic E-state index is 14.3. The van der Waals surface area contributed by atoms with E-state index in [9.17, 15) is 69.6 Å². The van der Waals surface area contributed by atoms with Gasteiger partial charge in [0.25, 0.3) is 0 Å². The minimum absolute atomic E-state index is 0.0188. The van der Waals surface area contributed by atoms with Crippen molar-refractivity contribution in [1.29, 1.82) is 0 Å². The van der Waals surface area contributed by atoms with Crippen LogP contribution in [-0.2, 0) is 50.9 Å². The van der Waals surface area contributed by atoms with Crippen molar-refractivity contribution in [2.45, 2.75) is 125 Å². The Morgan fingerprint density at radius 1 is 0.580 bits per heavy atom. The minimum Gasteiger partial charge on any atom is -0.507 e. The van der Waals surface area contributed by atoms with Gasteiger partial charge in [0, 0.05) is 84.0 Å². The molecular formula is C57H58N2O22. The van der Waals surface area contributed by atoms with Crippen LogP contribution in [0.2, 0.25) is 0 Å². The summed E-state index contributed by atoms with van der Waals surface area (Å²) in [5.41, 5.74) is -8.18. The maximum absolute atomic E-state index is 14.3. The number of aromatic hydroxyl groups is 4. The van der Waals surface area contributed by atoms with Gasteiger partial charge in [0.05, 0.1) is 78.7 Å². The van der Waals surface area contributed by atoms with Gasteiger partial charge >= 0.3 is 0 Å². The highest BCUT2D eigenvalue weighted by Gasteiger charge is 2.55. The number of ketones is 6. The fraction of sp³-hybridized carbons (Fsp3) is 0.474. The summed E-state index contributed by atoms with van der Waals surface area (Å²) in [4.78, 5) is 87.2. The lowest BCUT2D eigenvalue weighted by atomic mass is 9.72. The number of carbonyl (C=O) groups is 6. The number of phenols is 4. The zero-order valence-electron chi connectivity index (χ0n) is 44.2. The van der Waals surface area contributed by atoms with Gasteiger partial charge in [-0.15, -0.1) is 0 Å². The van der Waals surface area contributed by atoms with Crippen molar-refractivity contribution >= 4 is 34.7 Å². The molecule has 2 bridgehead atoms. The Morgan fingerprint density at radius 3 is 1.33 bits per heavy atom. The first-order chi connectivity index (χ1) is 38.7. The molecule has 0 radical (unpaired) electrons. The molecule has 0 aromatic heterocycles. The fourth-order valence-corrected chi connectivity index (χ4v) is 13.6. The third-order valence-electron chi connectivity index (χ3n) is 17.6. The van der Waals surface area contributed by atoms with Crippen LogP contribution in [0.3, 0.4) is 0 Å². The Morgan fingerprint density at radius 2 is 0.963 bits per heavy atom. The number of fused-ring (bicyclic) bond motifs is 12. The lowest BCUT2D eigenvalue weighted by Gasteiger charge is -2.46. The number of benzene rings is 4. The van der Waals surface area contributed by atoms with E-state index < -0.39 is 191 Å². The SMILES string of the molecule is COc1cccc2c1C(=O)c1c(O)c3c(c(O)c1C2=O)C[C@@](O)(C(=O)CO)C[C@@H]3O[C@H]1C[C@H]2C(OCN3CN2CO[C@H]2[C@@H](C)O[C@@H](O[C@H]4C[C@](O)(C(=O)CO)Cc5c(O)c6c(c(O)c54)C(=O)c4c(OC)cccc4C6=O)C[C@@H]23)[C@H](C)O1. The molecular weight excluding hydrogens is 1060 g/mol. The monoisotopic (exact) mass is 1120 g/mol. The molecule has 4 fully saturated rings. The summed E-state index contributed by atoms with van der Waals surface area (Å²) in [6, 6.07) is 7.60. The zero-order chi connectivity index (χ0) is 57.5. The van der Waals surface area contributed by atoms with Gasteiger partial charge in [-0.3, -0.25) is 38.6 Å². The molecule has 8 aliphatic rings. The lowest BCUT2D eigenvalue weighted by Crippen LogP contribution is -2.57. The number of hydrogen-bond acceptors (Lipinski definition) is 24. The molecule has 0 saturated carbocycles. The quantitative estimate of drug-likeness (QED) is 0.0904. The van der Waals surface area contributed by atoms with Crippen LogP contribution < -0.4 is 9.47 Å². The standard InChI is InChI=1S/C57H58N2O22/c1-22-54-28(11-36(78-22)80-32-15-56(72,34(62)17-60)13-26-40(32)52(70)44-42(48(26)66)46(64)24-7-5-9-30(74-3)38(24)50(44)68)58-19-59(20-76-54)29-12-37(79-23(2)55(29)77-21-58)81-33-16-57(73,35(63)18-61)14-27-41(33)53(71)45-43(49(27)67)47(65)25-8-6-10-31(75-4)39(25)51(45)69/h5-10,22-23,28-29,32-33,36-37,54-55,60-61,66-67,70-73H,11-21H2,1-4H3/t22-,23+,28-,29-,32-,33-,36-,37-,54?,55-,56-,57-/m0/s1. The number of ether oxygens (including phenoxy) is 8. The van der Waals surface area contributed by atoms with Crippen molar-refractivity contribution in [1.82, 2.24) is 9.80 Å². The summed E-state index contributed by atoms with van der Waals surface area (Å²) >= 11 is 0. The number of Topliss-reactive ketones (excluding diaryl/α,β-unsaturated/α-hetero) is 2. The Labute approximate surface area is 460 Å². The van der Waals surface area contributed by atoms with Crippen molar-refractivity contribution in [2.24, 2.45) is 0 Å². The van der Waals surface area contributed by atoms with Crippen LogP contribution in [0.1, 0.15) is 138 Å². The van der Waals surface area contributed by atoms with E-state index in [0.29, 0.717) is 0 Å². The third kappa shape index (κ3) is 8.32. The van der Waals surface area contributed by atoms with Gasteiger partial charge in [0.15, 0.2) is 35.7 Å². The predicted molar refractivity (Wildman–Crippen MR) is 271 cm³/mol. The molecule has 24 nitrogen and oxygen atoms in total. The smallest absolute Gasteiger partial charge is 0.202 e. The van der Waals surface area contributed by atoms with E-state index in [1.165, 1.54) is 50.6 Å². The van der Waals surface area contributed by atoms with Crippen LogP contribution in [0.25, 0.3) is 0 Å². The molecule has 0 amide bonds. The van der Waals surface area contributed by atoms with Gasteiger partial charge < -0.3 is 78.7 Å². The summed E-state index contributed by atoms with van der Waals surface area (Å²) in [6.07, 6.45) is -10.3. The van der Waals surface area contributed by atoms with Crippen molar-refractivity contribution < 1.29 is 108 Å². The molecule has 81 heavy (non-hydrogen) atoms. The third-order valence-corrected chi connectivity index (χ3v) is 17.6. The van der Waals surface area contributed by atoms with E-state index in [1.54, 1.807) is 13.8 Å². The van der Waals surface area contributed by atoms with Gasteiger partial charge in [-0.25, -0.2) is 0 Å². The second-order valence-corrected chi connectivity index (χ2v) is 22.0. The Balaban J connectivity index is 0.823. The molecule has 4 aliphatic heterocycles. The molecule has 14 atom stereocenters. The van der Waals surface area contributed by atoms with Crippen molar-refractivity contribution in [3.8, 4) is 34.5 Å². The van der Waals surface area contributed by atoms with Crippen LogP contribution in [-0.4, -0.2) is 193 Å². The first kappa shape index (κ1) is 54.8. The summed E-state index contributed by atoms with van der Waals surface area (Å²) in [5, 5.41) is 91.9. The summed E-state index contributed by atoms with van der Waals surface area (Å²) in [7, 11) is 2.62. The van der Waals surface area contributed by atoms with Gasteiger partial charge in [0.2, 0.25) is 11.6 Å². The number of rotatable bonds is 10. The van der Waals surface area contributed by atoms with Gasteiger partial charge in [0.1, 0.15) is 84.6 Å². The van der Waals surface area contributed by atoms with Gasteiger partial charge in [-0.05, 0) is 26.0 Å². The number of methoxy groups -OCH3 is 2. The van der Waals surface area contributed by atoms with Crippen LogP contribution in [0.4, 0.5) is 0 Å². The number of hydrogen-bond donors (Lipinski definition) is 8. The molecule has 24 heteroatoms. The fourth-order valence-electron chi connectivity index (χ4n) is 13.6. The highest BCUT2D eigenvalue weighted by molar-refractivity contribution is 6.32. The average molecular weight is 1120 g/mol.